The Bertz CT molecular complexity index is 405. The summed E-state index contributed by atoms with van der Waals surface area (Å²) in [7, 11) is 0. The third kappa shape index (κ3) is 4.47. The third-order valence-electron chi connectivity index (χ3n) is 3.54. The average Bonchev–Trinajstić information content (AvgIpc) is 2.52. The number of pyridine rings is 1. The lowest BCUT2D eigenvalue weighted by molar-refractivity contribution is -0.122. The monoisotopic (exact) mass is 277 g/mol. The first kappa shape index (κ1) is 14.7. The van der Waals surface area contributed by atoms with Crippen LogP contribution in [0.3, 0.4) is 0 Å². The summed E-state index contributed by atoms with van der Waals surface area (Å²) in [5.74, 6) is 0.603. The normalized spacial score (nSPS) is 18.8. The van der Waals surface area contributed by atoms with Crippen LogP contribution in [-0.2, 0) is 4.79 Å². The van der Waals surface area contributed by atoms with Crippen molar-refractivity contribution in [1.29, 1.82) is 0 Å². The highest BCUT2D eigenvalue weighted by Crippen LogP contribution is 2.09. The standard InChI is InChI=1S/C14H23N5O/c1-2-19(12-6-5-8-15-10-12)11-14(20)18-17-13-7-3-4-9-16-13/h3-4,7,9,12,15H,2,5-6,8,10-11H2,1H3,(H,16,17)(H,18,20). The molecule has 110 valence electrons. The maximum Gasteiger partial charge on any atom is 0.252 e. The minimum Gasteiger partial charge on any atom is -0.315 e. The number of piperidine rings is 1. The van der Waals surface area contributed by atoms with Crippen molar-refractivity contribution in [3.8, 4) is 0 Å². The van der Waals surface area contributed by atoms with Gasteiger partial charge in [-0.05, 0) is 38.1 Å². The Morgan fingerprint density at radius 1 is 1.55 bits per heavy atom. The molecule has 1 unspecified atom stereocenters. The number of hydrazine groups is 1. The van der Waals surface area contributed by atoms with Gasteiger partial charge in [0, 0.05) is 18.8 Å². The van der Waals surface area contributed by atoms with E-state index in [2.05, 4.69) is 33.0 Å². The smallest absolute Gasteiger partial charge is 0.252 e. The second-order valence-corrected chi connectivity index (χ2v) is 4.95. The van der Waals surface area contributed by atoms with Gasteiger partial charge in [-0.1, -0.05) is 13.0 Å². The van der Waals surface area contributed by atoms with Crippen LogP contribution in [0.15, 0.2) is 24.4 Å². The first-order chi connectivity index (χ1) is 9.79. The number of amides is 1. The van der Waals surface area contributed by atoms with E-state index in [9.17, 15) is 4.79 Å². The average molecular weight is 277 g/mol. The molecule has 6 heteroatoms. The quantitative estimate of drug-likeness (QED) is 0.664. The second-order valence-electron chi connectivity index (χ2n) is 4.95. The lowest BCUT2D eigenvalue weighted by atomic mass is 10.1. The van der Waals surface area contributed by atoms with E-state index in [4.69, 9.17) is 0 Å². The van der Waals surface area contributed by atoms with Crippen LogP contribution in [0.4, 0.5) is 5.82 Å². The molecule has 1 aliphatic rings. The fourth-order valence-corrected chi connectivity index (χ4v) is 2.44. The Labute approximate surface area is 119 Å². The van der Waals surface area contributed by atoms with Gasteiger partial charge in [0.1, 0.15) is 5.82 Å². The number of likely N-dealkylation sites (N-methyl/N-ethyl adjacent to an activating group) is 1. The molecular formula is C14H23N5O. The van der Waals surface area contributed by atoms with Crippen LogP contribution in [0.5, 0.6) is 0 Å². The fraction of sp³-hybridized carbons (Fsp3) is 0.571. The van der Waals surface area contributed by atoms with Gasteiger partial charge in [0.05, 0.1) is 6.54 Å². The van der Waals surface area contributed by atoms with Crippen molar-refractivity contribution in [2.24, 2.45) is 0 Å². The zero-order chi connectivity index (χ0) is 14.2. The molecule has 1 aliphatic heterocycles. The number of hydrogen-bond donors (Lipinski definition) is 3. The molecule has 1 saturated heterocycles. The number of aromatic nitrogens is 1. The summed E-state index contributed by atoms with van der Waals surface area (Å²) in [6.45, 7) is 5.43. The Hall–Kier alpha value is -1.66. The lowest BCUT2D eigenvalue weighted by Crippen LogP contribution is -2.50. The largest absolute Gasteiger partial charge is 0.315 e. The van der Waals surface area contributed by atoms with Gasteiger partial charge in [-0.25, -0.2) is 4.98 Å². The van der Waals surface area contributed by atoms with E-state index in [0.717, 1.165) is 26.1 Å². The highest BCUT2D eigenvalue weighted by atomic mass is 16.2. The molecule has 1 atom stereocenters. The molecule has 0 aliphatic carbocycles. The van der Waals surface area contributed by atoms with Crippen LogP contribution in [0.1, 0.15) is 19.8 Å². The van der Waals surface area contributed by atoms with Crippen LogP contribution in [0.25, 0.3) is 0 Å². The Morgan fingerprint density at radius 2 is 2.45 bits per heavy atom. The second kappa shape index (κ2) is 7.81. The Kier molecular flexibility index (Phi) is 5.76. The summed E-state index contributed by atoms with van der Waals surface area (Å²) >= 11 is 0. The van der Waals surface area contributed by atoms with Gasteiger partial charge >= 0.3 is 0 Å². The lowest BCUT2D eigenvalue weighted by Gasteiger charge is -2.33. The molecular weight excluding hydrogens is 254 g/mol. The number of carbonyl (C=O) groups excluding carboxylic acids is 1. The summed E-state index contributed by atoms with van der Waals surface area (Å²) in [5, 5.41) is 3.38. The van der Waals surface area contributed by atoms with Crippen molar-refractivity contribution < 1.29 is 4.79 Å². The fourth-order valence-electron chi connectivity index (χ4n) is 2.44. The van der Waals surface area contributed by atoms with E-state index < -0.39 is 0 Å². The number of anilines is 1. The van der Waals surface area contributed by atoms with Gasteiger partial charge in [0.25, 0.3) is 5.91 Å². The minimum atomic E-state index is -0.0388. The van der Waals surface area contributed by atoms with Gasteiger partial charge in [0.2, 0.25) is 0 Å². The third-order valence-corrected chi connectivity index (χ3v) is 3.54. The predicted octanol–water partition coefficient (Wildman–Crippen LogP) is 0.599. The molecule has 3 N–H and O–H groups in total. The van der Waals surface area contributed by atoms with E-state index in [1.807, 2.05) is 18.2 Å². The van der Waals surface area contributed by atoms with Crippen molar-refractivity contribution >= 4 is 11.7 Å². The zero-order valence-electron chi connectivity index (χ0n) is 11.9. The van der Waals surface area contributed by atoms with E-state index in [1.54, 1.807) is 6.20 Å². The molecule has 1 aromatic heterocycles. The van der Waals surface area contributed by atoms with E-state index in [-0.39, 0.29) is 5.91 Å². The summed E-state index contributed by atoms with van der Waals surface area (Å²) in [4.78, 5) is 18.3. The van der Waals surface area contributed by atoms with Gasteiger partial charge in [0.15, 0.2) is 0 Å². The van der Waals surface area contributed by atoms with Crippen LogP contribution >= 0.6 is 0 Å². The molecule has 1 fully saturated rings. The first-order valence-electron chi connectivity index (χ1n) is 7.20. The molecule has 20 heavy (non-hydrogen) atoms. The maximum absolute atomic E-state index is 12.0. The molecule has 1 aromatic rings. The van der Waals surface area contributed by atoms with Crippen LogP contribution in [-0.4, -0.2) is 48.0 Å². The van der Waals surface area contributed by atoms with Gasteiger partial charge in [-0.15, -0.1) is 0 Å². The maximum atomic E-state index is 12.0. The van der Waals surface area contributed by atoms with Crippen molar-refractivity contribution in [3.05, 3.63) is 24.4 Å². The zero-order valence-corrected chi connectivity index (χ0v) is 11.9. The molecule has 6 nitrogen and oxygen atoms in total. The van der Waals surface area contributed by atoms with E-state index in [1.165, 1.54) is 6.42 Å². The molecule has 0 saturated carbocycles. The number of hydrogen-bond acceptors (Lipinski definition) is 5. The molecule has 2 rings (SSSR count). The molecule has 2 heterocycles. The molecule has 1 amide bonds. The highest BCUT2D eigenvalue weighted by molar-refractivity contribution is 5.79. The van der Waals surface area contributed by atoms with Gasteiger partial charge < -0.3 is 5.32 Å². The molecule has 0 bridgehead atoms. The summed E-state index contributed by atoms with van der Waals surface area (Å²) in [5.41, 5.74) is 5.51. The van der Waals surface area contributed by atoms with Crippen LogP contribution < -0.4 is 16.2 Å². The number of rotatable bonds is 6. The molecule has 0 radical (unpaired) electrons. The van der Waals surface area contributed by atoms with Crippen molar-refractivity contribution in [2.45, 2.75) is 25.8 Å². The number of carbonyl (C=O) groups is 1. The topological polar surface area (TPSA) is 69.3 Å². The van der Waals surface area contributed by atoms with E-state index >= 15 is 0 Å². The van der Waals surface area contributed by atoms with Crippen molar-refractivity contribution in [3.63, 3.8) is 0 Å². The van der Waals surface area contributed by atoms with Crippen molar-refractivity contribution in [2.75, 3.05) is 31.6 Å². The summed E-state index contributed by atoms with van der Waals surface area (Å²) in [6.07, 6.45) is 4.01. The van der Waals surface area contributed by atoms with Crippen molar-refractivity contribution in [1.82, 2.24) is 20.6 Å². The Balaban J connectivity index is 1.77. The summed E-state index contributed by atoms with van der Waals surface area (Å²) < 4.78 is 0. The van der Waals surface area contributed by atoms with Gasteiger partial charge in [-0.2, -0.15) is 0 Å². The number of nitrogens with zero attached hydrogens (tertiary/aromatic N) is 2. The molecule has 0 spiro atoms. The van der Waals surface area contributed by atoms with E-state index in [0.29, 0.717) is 18.4 Å². The first-order valence-corrected chi connectivity index (χ1v) is 7.20. The minimum absolute atomic E-state index is 0.0388. The number of nitrogens with one attached hydrogen (secondary N) is 3. The summed E-state index contributed by atoms with van der Waals surface area (Å²) in [6, 6.07) is 5.97. The SMILES string of the molecule is CCN(CC(=O)NNc1ccccn1)C1CCCNC1. The molecule has 0 aromatic carbocycles. The predicted molar refractivity (Wildman–Crippen MR) is 79.1 cm³/mol. The van der Waals surface area contributed by atoms with Crippen LogP contribution in [0.2, 0.25) is 0 Å². The highest BCUT2D eigenvalue weighted by Gasteiger charge is 2.21. The van der Waals surface area contributed by atoms with Crippen LogP contribution in [0, 0.1) is 0 Å². The van der Waals surface area contributed by atoms with Gasteiger partial charge in [-0.3, -0.25) is 20.5 Å². The Morgan fingerprint density at radius 3 is 3.10 bits per heavy atom.